The van der Waals surface area contributed by atoms with E-state index in [2.05, 4.69) is 15.4 Å². The third-order valence-corrected chi connectivity index (χ3v) is 9.61. The zero-order valence-corrected chi connectivity index (χ0v) is 22.6. The molecule has 10 nitrogen and oxygen atoms in total. The van der Waals surface area contributed by atoms with E-state index in [1.54, 1.807) is 24.3 Å². The number of rotatable bonds is 5. The summed E-state index contributed by atoms with van der Waals surface area (Å²) in [5.74, 6) is -1.24. The molecule has 5 rings (SSSR count). The maximum atomic E-state index is 13.3. The molecule has 1 unspecified atom stereocenters. The van der Waals surface area contributed by atoms with E-state index in [0.717, 1.165) is 28.8 Å². The molecule has 1 aliphatic rings. The van der Waals surface area contributed by atoms with Crippen LogP contribution in [0.15, 0.2) is 59.8 Å². The van der Waals surface area contributed by atoms with Crippen LogP contribution in [0.2, 0.25) is 5.02 Å². The predicted octanol–water partition coefficient (Wildman–Crippen LogP) is 3.65. The van der Waals surface area contributed by atoms with Crippen molar-refractivity contribution in [1.29, 1.82) is 0 Å². The Morgan fingerprint density at radius 2 is 1.77 bits per heavy atom. The van der Waals surface area contributed by atoms with Gasteiger partial charge in [-0.05, 0) is 31.0 Å². The smallest absolute Gasteiger partial charge is 0.335 e. The van der Waals surface area contributed by atoms with Gasteiger partial charge in [0.05, 0.1) is 17.0 Å². The van der Waals surface area contributed by atoms with Crippen molar-refractivity contribution >= 4 is 43.0 Å². The van der Waals surface area contributed by atoms with Crippen LogP contribution in [0, 0.1) is 0 Å². The Kier molecular flexibility index (Phi) is 6.89. The Hall–Kier alpha value is -3.53. The molecule has 2 aromatic heterocycles. The van der Waals surface area contributed by atoms with Gasteiger partial charge in [-0.15, -0.1) is 0 Å². The number of amides is 1. The lowest BCUT2D eigenvalue weighted by atomic mass is 9.99. The third-order valence-electron chi connectivity index (χ3n) is 6.38. The van der Waals surface area contributed by atoms with Gasteiger partial charge in [0.1, 0.15) is 10.9 Å². The first-order valence-corrected chi connectivity index (χ1v) is 15.2. The minimum atomic E-state index is -4.67. The number of primary sulfonamides is 1. The number of carbonyl (C=O) groups is 1. The highest BCUT2D eigenvalue weighted by atomic mass is 35.5. The average Bonchev–Trinajstić information content (AvgIpc) is 3.43. The fourth-order valence-electron chi connectivity index (χ4n) is 4.51. The van der Waals surface area contributed by atoms with Crippen LogP contribution < -0.4 is 10.5 Å². The number of nitrogens with one attached hydrogen (secondary N) is 1. The fraction of sp³-hybridized carbons (Fsp3) is 0.208. The summed E-state index contributed by atoms with van der Waals surface area (Å²) in [5.41, 5.74) is -0.986. The normalized spacial score (nSPS) is 17.3. The monoisotopic (exact) mass is 613 g/mol. The summed E-state index contributed by atoms with van der Waals surface area (Å²) in [7, 11) is -8.33. The standard InChI is InChI=1S/C24H19ClF3N5O5S2/c25-17-5-2-1-4-15(17)16-12-30-21-19(22(34)31-18-6-3-11-39(18,35)36)23(40(29,37)38)32-33(21)20(16)13-7-9-14(10-8-13)24(26,27)28/h1-2,4-5,7-10,12,18H,3,6,11H2,(H,31,34)(H2,29,37,38). The van der Waals surface area contributed by atoms with Gasteiger partial charge in [0, 0.05) is 27.9 Å². The topological polar surface area (TPSA) is 154 Å². The van der Waals surface area contributed by atoms with Crippen molar-refractivity contribution in [2.75, 3.05) is 5.75 Å². The van der Waals surface area contributed by atoms with Crippen molar-refractivity contribution in [2.24, 2.45) is 5.14 Å². The van der Waals surface area contributed by atoms with E-state index in [1.165, 1.54) is 6.20 Å². The zero-order chi connectivity index (χ0) is 29.0. The fourth-order valence-corrected chi connectivity index (χ4v) is 7.07. The van der Waals surface area contributed by atoms with Crippen molar-refractivity contribution in [3.8, 4) is 22.4 Å². The highest BCUT2D eigenvalue weighted by molar-refractivity contribution is 7.92. The molecule has 1 saturated heterocycles. The van der Waals surface area contributed by atoms with Crippen LogP contribution in [0.25, 0.3) is 28.0 Å². The number of nitrogens with two attached hydrogens (primary N) is 1. The van der Waals surface area contributed by atoms with Gasteiger partial charge in [0.15, 0.2) is 15.5 Å². The second-order valence-corrected chi connectivity index (χ2v) is 13.2. The number of sulfone groups is 1. The van der Waals surface area contributed by atoms with E-state index < -0.39 is 53.5 Å². The number of sulfonamides is 1. The number of aromatic nitrogens is 3. The molecule has 3 N–H and O–H groups in total. The second kappa shape index (κ2) is 9.83. The molecule has 0 radical (unpaired) electrons. The van der Waals surface area contributed by atoms with Crippen LogP contribution in [0.5, 0.6) is 0 Å². The zero-order valence-electron chi connectivity index (χ0n) is 20.2. The van der Waals surface area contributed by atoms with Crippen LogP contribution in [0.4, 0.5) is 13.2 Å². The number of benzene rings is 2. The van der Waals surface area contributed by atoms with Crippen LogP contribution in [-0.4, -0.2) is 48.5 Å². The van der Waals surface area contributed by atoms with Gasteiger partial charge in [-0.25, -0.2) is 31.5 Å². The number of fused-ring (bicyclic) bond motifs is 1. The highest BCUT2D eigenvalue weighted by Crippen LogP contribution is 2.38. The Morgan fingerprint density at radius 1 is 1.10 bits per heavy atom. The van der Waals surface area contributed by atoms with Crippen LogP contribution in [0.3, 0.4) is 0 Å². The van der Waals surface area contributed by atoms with Gasteiger partial charge in [-0.2, -0.15) is 18.3 Å². The van der Waals surface area contributed by atoms with Crippen molar-refractivity contribution in [3.05, 3.63) is 70.9 Å². The van der Waals surface area contributed by atoms with Gasteiger partial charge in [0.2, 0.25) is 5.03 Å². The Balaban J connectivity index is 1.80. The summed E-state index contributed by atoms with van der Waals surface area (Å²) in [6.07, 6.45) is -2.92. The van der Waals surface area contributed by atoms with Gasteiger partial charge in [-0.3, -0.25) is 4.79 Å². The molecule has 0 spiro atoms. The molecular weight excluding hydrogens is 595 g/mol. The lowest BCUT2D eigenvalue weighted by Gasteiger charge is -2.15. The number of hydrogen-bond acceptors (Lipinski definition) is 7. The quantitative estimate of drug-likeness (QED) is 0.348. The molecule has 4 aromatic rings. The highest BCUT2D eigenvalue weighted by Gasteiger charge is 2.36. The summed E-state index contributed by atoms with van der Waals surface area (Å²) in [6, 6.07) is 10.5. The molecule has 3 heterocycles. The SMILES string of the molecule is NS(=O)(=O)c1nn2c(-c3ccc(C(F)(F)F)cc3)c(-c3ccccc3Cl)cnc2c1C(=O)NC1CCCS1(=O)=O. The van der Waals surface area contributed by atoms with Gasteiger partial charge in [-0.1, -0.05) is 41.9 Å². The Bertz CT molecular complexity index is 1880. The minimum absolute atomic E-state index is 0.0595. The first-order valence-electron chi connectivity index (χ1n) is 11.6. The van der Waals surface area contributed by atoms with Crippen molar-refractivity contribution in [2.45, 2.75) is 29.4 Å². The van der Waals surface area contributed by atoms with E-state index >= 15 is 0 Å². The molecule has 0 saturated carbocycles. The average molecular weight is 614 g/mol. The summed E-state index contributed by atoms with van der Waals surface area (Å²) >= 11 is 6.39. The van der Waals surface area contributed by atoms with Crippen molar-refractivity contribution < 1.29 is 34.8 Å². The minimum Gasteiger partial charge on any atom is -0.335 e. The molecule has 1 fully saturated rings. The van der Waals surface area contributed by atoms with Crippen LogP contribution in [0.1, 0.15) is 28.8 Å². The van der Waals surface area contributed by atoms with E-state index in [0.29, 0.717) is 12.0 Å². The van der Waals surface area contributed by atoms with E-state index in [1.807, 2.05) is 0 Å². The van der Waals surface area contributed by atoms with Gasteiger partial charge >= 0.3 is 6.18 Å². The summed E-state index contributed by atoms with van der Waals surface area (Å²) in [4.78, 5) is 17.5. The molecular formula is C24H19ClF3N5O5S2. The van der Waals surface area contributed by atoms with Crippen molar-refractivity contribution in [3.63, 3.8) is 0 Å². The molecule has 1 amide bonds. The maximum Gasteiger partial charge on any atom is 0.416 e. The molecule has 16 heteroatoms. The molecule has 0 aliphatic carbocycles. The number of nitrogens with zero attached hydrogens (tertiary/aromatic N) is 3. The Labute approximate surface area is 230 Å². The van der Waals surface area contributed by atoms with Gasteiger partial charge in [0.25, 0.3) is 15.9 Å². The lowest BCUT2D eigenvalue weighted by Crippen LogP contribution is -2.38. The van der Waals surface area contributed by atoms with E-state index in [9.17, 15) is 34.8 Å². The summed E-state index contributed by atoms with van der Waals surface area (Å²) in [6.45, 7) is 0. The molecule has 40 heavy (non-hydrogen) atoms. The molecule has 0 bridgehead atoms. The van der Waals surface area contributed by atoms with Crippen LogP contribution >= 0.6 is 11.6 Å². The number of halogens is 4. The van der Waals surface area contributed by atoms with Crippen molar-refractivity contribution in [1.82, 2.24) is 19.9 Å². The maximum absolute atomic E-state index is 13.3. The molecule has 1 atom stereocenters. The molecule has 2 aromatic carbocycles. The number of hydrogen-bond donors (Lipinski definition) is 2. The van der Waals surface area contributed by atoms with Crippen LogP contribution in [-0.2, 0) is 26.0 Å². The first-order chi connectivity index (χ1) is 18.7. The number of alkyl halides is 3. The Morgan fingerprint density at radius 3 is 2.35 bits per heavy atom. The van der Waals surface area contributed by atoms with E-state index in [-0.39, 0.29) is 39.7 Å². The predicted molar refractivity (Wildman–Crippen MR) is 140 cm³/mol. The second-order valence-electron chi connectivity index (χ2n) is 9.01. The summed E-state index contributed by atoms with van der Waals surface area (Å²) in [5, 5.41) is 9.86. The molecule has 210 valence electrons. The lowest BCUT2D eigenvalue weighted by molar-refractivity contribution is -0.137. The summed E-state index contributed by atoms with van der Waals surface area (Å²) < 4.78 is 90.4. The number of carbonyl (C=O) groups excluding carboxylic acids is 1. The largest absolute Gasteiger partial charge is 0.416 e. The van der Waals surface area contributed by atoms with E-state index in [4.69, 9.17) is 16.7 Å². The first kappa shape index (κ1) is 28.0. The van der Waals surface area contributed by atoms with Gasteiger partial charge < -0.3 is 5.32 Å². The molecule has 1 aliphatic heterocycles. The third kappa shape index (κ3) is 5.05.